The highest BCUT2D eigenvalue weighted by Crippen LogP contribution is 2.24. The lowest BCUT2D eigenvalue weighted by molar-refractivity contribution is 0.0528. The van der Waals surface area contributed by atoms with Crippen molar-refractivity contribution in [1.82, 2.24) is 5.32 Å². The van der Waals surface area contributed by atoms with Crippen LogP contribution >= 0.6 is 0 Å². The van der Waals surface area contributed by atoms with Crippen LogP contribution in [-0.4, -0.2) is 27.8 Å². The summed E-state index contributed by atoms with van der Waals surface area (Å²) in [7, 11) is 1.53. The van der Waals surface area contributed by atoms with Crippen LogP contribution < -0.4 is 5.32 Å². The Labute approximate surface area is 103 Å². The van der Waals surface area contributed by atoms with E-state index in [0.29, 0.717) is 0 Å². The standard InChI is InChI=1S/C13H28NOSi/c1-4-5-6-7-8-9-11-16-12-10-14-13(16,2)15-3/h14H,4-12H2,1-3H3. The maximum Gasteiger partial charge on any atom is 0.110 e. The molecule has 1 unspecified atom stereocenters. The van der Waals surface area contributed by atoms with E-state index in [-0.39, 0.29) is 14.1 Å². The van der Waals surface area contributed by atoms with Crippen LogP contribution in [0.15, 0.2) is 0 Å². The number of hydrogen-bond acceptors (Lipinski definition) is 2. The summed E-state index contributed by atoms with van der Waals surface area (Å²) < 4.78 is 5.64. The van der Waals surface area contributed by atoms with Gasteiger partial charge in [0.15, 0.2) is 0 Å². The number of unbranched alkanes of at least 4 members (excludes halogenated alkanes) is 5. The molecule has 1 heterocycles. The van der Waals surface area contributed by atoms with Crippen LogP contribution in [0.3, 0.4) is 0 Å². The summed E-state index contributed by atoms with van der Waals surface area (Å²) in [5, 5.41) is 3.57. The van der Waals surface area contributed by atoms with E-state index in [4.69, 9.17) is 4.74 Å². The van der Waals surface area contributed by atoms with Gasteiger partial charge in [-0.25, -0.2) is 0 Å². The predicted octanol–water partition coefficient (Wildman–Crippen LogP) is 3.35. The highest BCUT2D eigenvalue weighted by Gasteiger charge is 2.39. The molecule has 1 radical (unpaired) electrons. The third-order valence-corrected chi connectivity index (χ3v) is 7.35. The van der Waals surface area contributed by atoms with Crippen molar-refractivity contribution in [2.24, 2.45) is 0 Å². The molecule has 1 saturated heterocycles. The lowest BCUT2D eigenvalue weighted by atomic mass is 10.1. The van der Waals surface area contributed by atoms with Crippen LogP contribution in [0.25, 0.3) is 0 Å². The minimum atomic E-state index is -0.326. The lowest BCUT2D eigenvalue weighted by Crippen LogP contribution is -2.49. The second kappa shape index (κ2) is 7.46. The molecule has 1 N–H and O–H groups in total. The summed E-state index contributed by atoms with van der Waals surface area (Å²) in [6.45, 7) is 5.68. The molecule has 0 spiro atoms. The number of nitrogens with one attached hydrogen (secondary N) is 1. The van der Waals surface area contributed by atoms with Crippen LogP contribution in [0, 0.1) is 0 Å². The summed E-state index contributed by atoms with van der Waals surface area (Å²) >= 11 is 0. The Hall–Kier alpha value is 0.137. The Bertz CT molecular complexity index is 189. The van der Waals surface area contributed by atoms with Crippen molar-refractivity contribution in [3.63, 3.8) is 0 Å². The highest BCUT2D eigenvalue weighted by atomic mass is 28.3. The third kappa shape index (κ3) is 4.19. The molecule has 1 aliphatic heterocycles. The van der Waals surface area contributed by atoms with Gasteiger partial charge in [-0.1, -0.05) is 51.5 Å². The van der Waals surface area contributed by atoms with Crippen molar-refractivity contribution < 1.29 is 4.74 Å². The van der Waals surface area contributed by atoms with E-state index in [2.05, 4.69) is 19.2 Å². The van der Waals surface area contributed by atoms with Gasteiger partial charge in [-0.3, -0.25) is 5.32 Å². The number of ether oxygens (including phenoxy) is 1. The zero-order valence-electron chi connectivity index (χ0n) is 11.3. The molecular formula is C13H28NOSi. The fraction of sp³-hybridized carbons (Fsp3) is 1.00. The molecule has 0 amide bonds. The maximum atomic E-state index is 5.64. The van der Waals surface area contributed by atoms with Crippen LogP contribution in [0.4, 0.5) is 0 Å². The Balaban J connectivity index is 2.08. The van der Waals surface area contributed by atoms with E-state index in [1.165, 1.54) is 50.6 Å². The molecule has 0 bridgehead atoms. The van der Waals surface area contributed by atoms with Crippen molar-refractivity contribution in [2.45, 2.75) is 69.8 Å². The van der Waals surface area contributed by atoms with E-state index >= 15 is 0 Å². The quantitative estimate of drug-likeness (QED) is 0.520. The first kappa shape index (κ1) is 14.2. The second-order valence-electron chi connectivity index (χ2n) is 5.04. The molecule has 1 aliphatic rings. The van der Waals surface area contributed by atoms with Gasteiger partial charge in [-0.2, -0.15) is 0 Å². The molecule has 1 fully saturated rings. The van der Waals surface area contributed by atoms with Crippen molar-refractivity contribution >= 4 is 8.80 Å². The first-order valence-corrected chi connectivity index (χ1v) is 8.79. The van der Waals surface area contributed by atoms with E-state index in [0.717, 1.165) is 6.54 Å². The van der Waals surface area contributed by atoms with E-state index in [1.807, 2.05) is 7.11 Å². The molecule has 0 aromatic rings. The van der Waals surface area contributed by atoms with Gasteiger partial charge in [0.1, 0.15) is 8.80 Å². The van der Waals surface area contributed by atoms with Gasteiger partial charge < -0.3 is 4.74 Å². The van der Waals surface area contributed by atoms with Crippen molar-refractivity contribution in [3.8, 4) is 0 Å². The second-order valence-corrected chi connectivity index (χ2v) is 8.20. The summed E-state index contributed by atoms with van der Waals surface area (Å²) in [5.41, 5.74) is 0. The smallest absolute Gasteiger partial charge is 0.110 e. The summed E-state index contributed by atoms with van der Waals surface area (Å²) in [5.74, 6) is 0. The summed E-state index contributed by atoms with van der Waals surface area (Å²) in [6.07, 6.45) is 8.46. The van der Waals surface area contributed by atoms with Crippen LogP contribution in [0.5, 0.6) is 0 Å². The van der Waals surface area contributed by atoms with Gasteiger partial charge in [0.25, 0.3) is 0 Å². The molecule has 1 rings (SSSR count). The number of hydrogen-bond donors (Lipinski definition) is 1. The van der Waals surface area contributed by atoms with Gasteiger partial charge in [0.2, 0.25) is 0 Å². The molecule has 2 nitrogen and oxygen atoms in total. The average Bonchev–Trinajstić information content (AvgIpc) is 2.66. The van der Waals surface area contributed by atoms with Crippen molar-refractivity contribution in [1.29, 1.82) is 0 Å². The van der Waals surface area contributed by atoms with Crippen LogP contribution in [0.1, 0.15) is 52.4 Å². The van der Waals surface area contributed by atoms with Gasteiger partial charge in [-0.05, 0) is 19.5 Å². The maximum absolute atomic E-state index is 5.64. The van der Waals surface area contributed by atoms with E-state index in [1.54, 1.807) is 0 Å². The van der Waals surface area contributed by atoms with Crippen LogP contribution in [0.2, 0.25) is 12.1 Å². The Morgan fingerprint density at radius 2 is 1.88 bits per heavy atom. The lowest BCUT2D eigenvalue weighted by Gasteiger charge is -2.29. The Morgan fingerprint density at radius 1 is 1.19 bits per heavy atom. The fourth-order valence-corrected chi connectivity index (χ4v) is 5.49. The first-order valence-electron chi connectivity index (χ1n) is 6.88. The summed E-state index contributed by atoms with van der Waals surface area (Å²) in [4.78, 5) is 0. The monoisotopic (exact) mass is 242 g/mol. The van der Waals surface area contributed by atoms with E-state index < -0.39 is 0 Å². The molecule has 16 heavy (non-hydrogen) atoms. The van der Waals surface area contributed by atoms with Crippen LogP contribution in [-0.2, 0) is 4.74 Å². The zero-order valence-corrected chi connectivity index (χ0v) is 12.3. The first-order chi connectivity index (χ1) is 7.73. The predicted molar refractivity (Wildman–Crippen MR) is 72.2 cm³/mol. The largest absolute Gasteiger partial charge is 0.368 e. The number of rotatable bonds is 8. The number of methoxy groups -OCH3 is 1. The van der Waals surface area contributed by atoms with Gasteiger partial charge in [-0.15, -0.1) is 0 Å². The van der Waals surface area contributed by atoms with Gasteiger partial charge in [0.05, 0.1) is 5.35 Å². The highest BCUT2D eigenvalue weighted by molar-refractivity contribution is 6.62. The molecular weight excluding hydrogens is 214 g/mol. The molecule has 3 heteroatoms. The van der Waals surface area contributed by atoms with Gasteiger partial charge >= 0.3 is 0 Å². The van der Waals surface area contributed by atoms with E-state index in [9.17, 15) is 0 Å². The molecule has 0 aromatic carbocycles. The fourth-order valence-electron chi connectivity index (χ4n) is 2.51. The third-order valence-electron chi connectivity index (χ3n) is 3.80. The molecule has 0 aliphatic carbocycles. The topological polar surface area (TPSA) is 21.3 Å². The minimum absolute atomic E-state index is 0.0497. The minimum Gasteiger partial charge on any atom is -0.368 e. The Kier molecular flexibility index (Phi) is 6.62. The Morgan fingerprint density at radius 3 is 2.56 bits per heavy atom. The normalized spacial score (nSPS) is 26.4. The molecule has 0 saturated carbocycles. The van der Waals surface area contributed by atoms with Crippen molar-refractivity contribution in [3.05, 3.63) is 0 Å². The molecule has 95 valence electrons. The average molecular weight is 242 g/mol. The van der Waals surface area contributed by atoms with Crippen molar-refractivity contribution in [2.75, 3.05) is 13.7 Å². The molecule has 0 aromatic heterocycles. The molecule has 1 atom stereocenters. The summed E-state index contributed by atoms with van der Waals surface area (Å²) in [6, 6.07) is 2.80. The zero-order chi connectivity index (χ0) is 11.9. The SMILES string of the molecule is CCCCCCCC[Si]1CCNC1(C)OC. The van der Waals surface area contributed by atoms with Gasteiger partial charge in [0, 0.05) is 7.11 Å².